The fourth-order valence-corrected chi connectivity index (χ4v) is 8.45. The number of fused-ring (bicyclic) bond motifs is 8. The third kappa shape index (κ3) is 4.90. The summed E-state index contributed by atoms with van der Waals surface area (Å²) < 4.78 is 13.0. The molecule has 5 heteroatoms. The lowest BCUT2D eigenvalue weighted by Crippen LogP contribution is -2.14. The Balaban J connectivity index is 1.03. The van der Waals surface area contributed by atoms with Crippen LogP contribution in [0.25, 0.3) is 100 Å². The zero-order valence-corrected chi connectivity index (χ0v) is 30.2. The van der Waals surface area contributed by atoms with Gasteiger partial charge in [0, 0.05) is 55.0 Å². The second-order valence-electron chi connectivity index (χ2n) is 14.8. The van der Waals surface area contributed by atoms with Crippen LogP contribution in [0.1, 0.15) is 25.0 Å². The van der Waals surface area contributed by atoms with Crippen molar-refractivity contribution >= 4 is 32.9 Å². The molecule has 3 aromatic heterocycles. The second kappa shape index (κ2) is 12.0. The summed E-state index contributed by atoms with van der Waals surface area (Å²) in [4.78, 5) is 14.9. The van der Waals surface area contributed by atoms with Crippen molar-refractivity contribution in [2.45, 2.75) is 19.3 Å². The van der Waals surface area contributed by atoms with Gasteiger partial charge in [-0.25, -0.2) is 15.0 Å². The van der Waals surface area contributed by atoms with Gasteiger partial charge in [-0.3, -0.25) is 0 Å². The van der Waals surface area contributed by atoms with E-state index in [9.17, 15) is 0 Å². The summed E-state index contributed by atoms with van der Waals surface area (Å²) in [5.41, 5.74) is 14.5. The maximum Gasteiger partial charge on any atom is 0.164 e. The molecule has 10 aromatic rings. The van der Waals surface area contributed by atoms with Crippen LogP contribution in [-0.2, 0) is 5.41 Å². The Kier molecular flexibility index (Phi) is 6.83. The molecule has 0 radical (unpaired) electrons. The first kappa shape index (κ1) is 31.4. The molecular weight excluding hydrogens is 675 g/mol. The van der Waals surface area contributed by atoms with E-state index < -0.39 is 0 Å². The van der Waals surface area contributed by atoms with Crippen molar-refractivity contribution in [3.63, 3.8) is 0 Å². The molecule has 1 aliphatic carbocycles. The van der Waals surface area contributed by atoms with Crippen LogP contribution in [0.2, 0.25) is 0 Å². The van der Waals surface area contributed by atoms with Crippen molar-refractivity contribution in [3.8, 4) is 67.5 Å². The first-order valence-corrected chi connectivity index (χ1v) is 18.6. The molecular formula is C50H33N3O2. The van der Waals surface area contributed by atoms with Gasteiger partial charge >= 0.3 is 0 Å². The Labute approximate surface area is 317 Å². The van der Waals surface area contributed by atoms with Crippen molar-refractivity contribution in [2.75, 3.05) is 0 Å². The second-order valence-corrected chi connectivity index (χ2v) is 14.8. The van der Waals surface area contributed by atoms with E-state index in [4.69, 9.17) is 23.8 Å². The minimum Gasteiger partial charge on any atom is -0.464 e. The number of hydrogen-bond donors (Lipinski definition) is 0. The molecule has 3 heterocycles. The fraction of sp³-hybridized carbons (Fsp3) is 0.0600. The lowest BCUT2D eigenvalue weighted by atomic mass is 9.81. The fourth-order valence-electron chi connectivity index (χ4n) is 8.45. The van der Waals surface area contributed by atoms with Crippen LogP contribution in [-0.4, -0.2) is 15.0 Å². The van der Waals surface area contributed by atoms with Gasteiger partial charge in [-0.1, -0.05) is 153 Å². The minimum atomic E-state index is -0.177. The molecule has 11 rings (SSSR count). The average Bonchev–Trinajstić information content (AvgIpc) is 3.94. The summed E-state index contributed by atoms with van der Waals surface area (Å²) in [5.74, 6) is 1.88. The van der Waals surface area contributed by atoms with Gasteiger partial charge < -0.3 is 8.83 Å². The van der Waals surface area contributed by atoms with Gasteiger partial charge in [0.25, 0.3) is 0 Å². The van der Waals surface area contributed by atoms with Crippen LogP contribution in [0.15, 0.2) is 173 Å². The van der Waals surface area contributed by atoms with Crippen LogP contribution < -0.4 is 0 Å². The molecule has 0 saturated carbocycles. The van der Waals surface area contributed by atoms with Gasteiger partial charge in [0.05, 0.1) is 6.26 Å². The third-order valence-corrected chi connectivity index (χ3v) is 11.2. The first-order chi connectivity index (χ1) is 27.0. The highest BCUT2D eigenvalue weighted by Crippen LogP contribution is 2.52. The van der Waals surface area contributed by atoms with E-state index >= 15 is 0 Å². The topological polar surface area (TPSA) is 65.0 Å². The Morgan fingerprint density at radius 3 is 1.64 bits per heavy atom. The van der Waals surface area contributed by atoms with E-state index in [-0.39, 0.29) is 5.41 Å². The lowest BCUT2D eigenvalue weighted by molar-refractivity contribution is 0.614. The molecule has 0 N–H and O–H groups in total. The molecule has 7 aromatic carbocycles. The Morgan fingerprint density at radius 2 is 0.982 bits per heavy atom. The minimum absolute atomic E-state index is 0.177. The van der Waals surface area contributed by atoms with Gasteiger partial charge in [-0.05, 0) is 46.0 Å². The molecule has 0 amide bonds. The molecule has 0 saturated heterocycles. The monoisotopic (exact) mass is 707 g/mol. The summed E-state index contributed by atoms with van der Waals surface area (Å²) in [7, 11) is 0. The van der Waals surface area contributed by atoms with E-state index in [1.165, 1.54) is 22.3 Å². The zero-order valence-electron chi connectivity index (χ0n) is 30.2. The van der Waals surface area contributed by atoms with Crippen molar-refractivity contribution in [3.05, 3.63) is 175 Å². The molecule has 0 bridgehead atoms. The van der Waals surface area contributed by atoms with Crippen LogP contribution in [0, 0.1) is 0 Å². The molecule has 260 valence electrons. The normalized spacial score (nSPS) is 13.1. The first-order valence-electron chi connectivity index (χ1n) is 18.6. The summed E-state index contributed by atoms with van der Waals surface area (Å²) in [5, 5.41) is 3.29. The third-order valence-electron chi connectivity index (χ3n) is 11.2. The van der Waals surface area contributed by atoms with Crippen molar-refractivity contribution in [1.82, 2.24) is 15.0 Å². The lowest BCUT2D eigenvalue weighted by Gasteiger charge is -2.22. The van der Waals surface area contributed by atoms with E-state index in [0.29, 0.717) is 17.5 Å². The highest BCUT2D eigenvalue weighted by molar-refractivity contribution is 6.13. The highest BCUT2D eigenvalue weighted by Gasteiger charge is 2.37. The molecule has 0 unspecified atom stereocenters. The van der Waals surface area contributed by atoms with E-state index in [1.807, 2.05) is 66.7 Å². The van der Waals surface area contributed by atoms with E-state index in [1.54, 1.807) is 6.26 Å². The van der Waals surface area contributed by atoms with E-state index in [2.05, 4.69) is 105 Å². The Morgan fingerprint density at radius 1 is 0.418 bits per heavy atom. The van der Waals surface area contributed by atoms with E-state index in [0.717, 1.165) is 71.9 Å². The predicted molar refractivity (Wildman–Crippen MR) is 222 cm³/mol. The Hall–Kier alpha value is -7.11. The van der Waals surface area contributed by atoms with Gasteiger partial charge in [-0.15, -0.1) is 0 Å². The molecule has 5 nitrogen and oxygen atoms in total. The zero-order chi connectivity index (χ0) is 36.7. The molecule has 0 spiro atoms. The summed E-state index contributed by atoms with van der Waals surface area (Å²) in [6.07, 6.45) is 1.79. The van der Waals surface area contributed by atoms with Crippen LogP contribution >= 0.6 is 0 Å². The highest BCUT2D eigenvalue weighted by atomic mass is 16.3. The number of para-hydroxylation sites is 2. The summed E-state index contributed by atoms with van der Waals surface area (Å²) in [6, 6.07) is 54.7. The van der Waals surface area contributed by atoms with Gasteiger partial charge in [0.1, 0.15) is 16.7 Å². The van der Waals surface area contributed by atoms with Crippen LogP contribution in [0.5, 0.6) is 0 Å². The van der Waals surface area contributed by atoms with Gasteiger partial charge in [-0.2, -0.15) is 0 Å². The van der Waals surface area contributed by atoms with Crippen LogP contribution in [0.3, 0.4) is 0 Å². The molecule has 0 aliphatic heterocycles. The SMILES string of the molecule is CC1(C)c2cc(-c3cccc4c3oc3c(-c5cccc(-c6nc(-c7ccccc7)nc(-c7ccccc7)n6)c5)cccc34)ccc2-c2c1ccc1ccoc21. The largest absolute Gasteiger partial charge is 0.464 e. The Bertz CT molecular complexity index is 3060. The standard InChI is InChI=1S/C50H33N3O2/c1-50(2)41-25-23-30-26-27-54-44(30)43(41)40-24-22-34(29-42(40)50)37-19-11-21-39-38-20-10-18-36(45(38)55-46(37)39)33-16-9-17-35(28-33)49-52-47(31-12-5-3-6-13-31)51-48(53-49)32-14-7-4-8-15-32/h3-29H,1-2H3. The van der Waals surface area contributed by atoms with Gasteiger partial charge in [0.15, 0.2) is 17.5 Å². The molecule has 0 atom stereocenters. The van der Waals surface area contributed by atoms with Crippen LogP contribution in [0.4, 0.5) is 0 Å². The van der Waals surface area contributed by atoms with Crippen molar-refractivity contribution in [1.29, 1.82) is 0 Å². The summed E-state index contributed by atoms with van der Waals surface area (Å²) in [6.45, 7) is 4.61. The van der Waals surface area contributed by atoms with Crippen molar-refractivity contribution < 1.29 is 8.83 Å². The molecule has 0 fully saturated rings. The predicted octanol–water partition coefficient (Wildman–Crippen LogP) is 13.2. The van der Waals surface area contributed by atoms with Gasteiger partial charge in [0.2, 0.25) is 0 Å². The average molecular weight is 708 g/mol. The number of furan rings is 2. The molecule has 55 heavy (non-hydrogen) atoms. The summed E-state index contributed by atoms with van der Waals surface area (Å²) >= 11 is 0. The number of benzene rings is 7. The number of nitrogens with zero attached hydrogens (tertiary/aromatic N) is 3. The maximum absolute atomic E-state index is 6.95. The quantitative estimate of drug-likeness (QED) is 0.178. The number of rotatable bonds is 5. The number of aromatic nitrogens is 3. The maximum atomic E-state index is 6.95. The number of hydrogen-bond acceptors (Lipinski definition) is 5. The van der Waals surface area contributed by atoms with Crippen molar-refractivity contribution in [2.24, 2.45) is 0 Å². The molecule has 1 aliphatic rings. The smallest absolute Gasteiger partial charge is 0.164 e.